The van der Waals surface area contributed by atoms with Crippen LogP contribution in [0.4, 0.5) is 0 Å². The summed E-state index contributed by atoms with van der Waals surface area (Å²) in [5, 5.41) is 0. The number of carbonyl (C=O) groups excluding carboxylic acids is 1. The Labute approximate surface area is 80.1 Å². The molecule has 0 aliphatic rings. The van der Waals surface area contributed by atoms with Gasteiger partial charge in [0.1, 0.15) is 0 Å². The van der Waals surface area contributed by atoms with Crippen LogP contribution in [0, 0.1) is 0 Å². The van der Waals surface area contributed by atoms with Gasteiger partial charge in [0.15, 0.2) is 0 Å². The van der Waals surface area contributed by atoms with Gasteiger partial charge in [-0.2, -0.15) is 0 Å². The lowest BCUT2D eigenvalue weighted by Crippen LogP contribution is -2.40. The van der Waals surface area contributed by atoms with Crippen molar-refractivity contribution in [1.82, 2.24) is 0 Å². The first-order valence-corrected chi connectivity index (χ1v) is 3.93. The van der Waals surface area contributed by atoms with E-state index >= 15 is 0 Å². The number of hydrogen-bond acceptors (Lipinski definition) is 3. The van der Waals surface area contributed by atoms with Crippen LogP contribution in [0.3, 0.4) is 0 Å². The summed E-state index contributed by atoms with van der Waals surface area (Å²) in [5.74, 6) is -0.226. The normalized spacial score (nSPS) is 10.3. The van der Waals surface area contributed by atoms with Crippen molar-refractivity contribution < 1.29 is 9.53 Å². The number of rotatable bonds is 4. The summed E-state index contributed by atoms with van der Waals surface area (Å²) >= 11 is 0. The number of nitrogens with two attached hydrogens (primary N) is 1. The van der Waals surface area contributed by atoms with Crippen molar-refractivity contribution in [3.8, 4) is 0 Å². The molecule has 0 unspecified atom stereocenters. The summed E-state index contributed by atoms with van der Waals surface area (Å²) in [6, 6.07) is 0. The minimum Gasteiger partial charge on any atom is -0.469 e. The number of hydrogen-bond donors (Lipinski definition) is 1. The highest BCUT2D eigenvalue weighted by atomic mass is 35.5. The third kappa shape index (κ3) is 4.57. The van der Waals surface area contributed by atoms with Gasteiger partial charge in [0, 0.05) is 5.54 Å². The molecule has 0 rings (SSSR count). The summed E-state index contributed by atoms with van der Waals surface area (Å²) < 4.78 is 4.53. The molecule has 12 heavy (non-hydrogen) atoms. The minimum absolute atomic E-state index is 0. The lowest BCUT2D eigenvalue weighted by molar-refractivity contribution is -0.142. The molecule has 0 saturated heterocycles. The Balaban J connectivity index is 0. The standard InChI is InChI=1S/C8H17NO2.ClH/c1-4-8(9,5-2)6-7(10)11-3;/h4-6,9H2,1-3H3;1H. The second-order valence-corrected chi connectivity index (χ2v) is 2.82. The van der Waals surface area contributed by atoms with Gasteiger partial charge >= 0.3 is 5.97 Å². The molecule has 74 valence electrons. The van der Waals surface area contributed by atoms with Crippen molar-refractivity contribution in [3.63, 3.8) is 0 Å². The number of ether oxygens (including phenoxy) is 1. The SMILES string of the molecule is CCC(N)(CC)CC(=O)OC.Cl. The molecule has 2 N–H and O–H groups in total. The van der Waals surface area contributed by atoms with E-state index in [4.69, 9.17) is 5.73 Å². The smallest absolute Gasteiger partial charge is 0.307 e. The molecule has 0 aromatic heterocycles. The summed E-state index contributed by atoms with van der Waals surface area (Å²) in [6.07, 6.45) is 1.92. The van der Waals surface area contributed by atoms with Gasteiger partial charge in [-0.1, -0.05) is 13.8 Å². The Morgan fingerprint density at radius 2 is 1.83 bits per heavy atom. The van der Waals surface area contributed by atoms with Crippen molar-refractivity contribution in [2.24, 2.45) is 5.73 Å². The number of methoxy groups -OCH3 is 1. The highest BCUT2D eigenvalue weighted by Gasteiger charge is 2.24. The molecule has 0 heterocycles. The van der Waals surface area contributed by atoms with E-state index in [-0.39, 0.29) is 23.9 Å². The molecule has 0 spiro atoms. The van der Waals surface area contributed by atoms with Crippen LogP contribution in [0.25, 0.3) is 0 Å². The van der Waals surface area contributed by atoms with Crippen LogP contribution in [-0.4, -0.2) is 18.6 Å². The highest BCUT2D eigenvalue weighted by molar-refractivity contribution is 5.85. The predicted molar refractivity (Wildman–Crippen MR) is 51.4 cm³/mol. The molecule has 0 radical (unpaired) electrons. The zero-order valence-corrected chi connectivity index (χ0v) is 8.74. The van der Waals surface area contributed by atoms with Gasteiger partial charge < -0.3 is 10.5 Å². The van der Waals surface area contributed by atoms with E-state index in [1.807, 2.05) is 13.8 Å². The van der Waals surface area contributed by atoms with Gasteiger partial charge in [0.2, 0.25) is 0 Å². The molecule has 3 nitrogen and oxygen atoms in total. The molecule has 0 amide bonds. The van der Waals surface area contributed by atoms with Gasteiger partial charge in [-0.25, -0.2) is 0 Å². The molecule has 0 saturated carbocycles. The number of esters is 1. The largest absolute Gasteiger partial charge is 0.469 e. The Hall–Kier alpha value is -0.280. The maximum absolute atomic E-state index is 10.8. The van der Waals surface area contributed by atoms with Crippen LogP contribution in [0.1, 0.15) is 33.1 Å². The average Bonchev–Trinajstić information content (AvgIpc) is 2.04. The van der Waals surface area contributed by atoms with Gasteiger partial charge in [-0.3, -0.25) is 4.79 Å². The zero-order chi connectivity index (χ0) is 8.91. The van der Waals surface area contributed by atoms with Crippen molar-refractivity contribution in [1.29, 1.82) is 0 Å². The van der Waals surface area contributed by atoms with Gasteiger partial charge in [-0.05, 0) is 12.8 Å². The Morgan fingerprint density at radius 1 is 1.42 bits per heavy atom. The predicted octanol–water partition coefficient (Wildman–Crippen LogP) is 1.49. The highest BCUT2D eigenvalue weighted by Crippen LogP contribution is 2.16. The lowest BCUT2D eigenvalue weighted by Gasteiger charge is -2.24. The topological polar surface area (TPSA) is 52.3 Å². The third-order valence-electron chi connectivity index (χ3n) is 2.13. The lowest BCUT2D eigenvalue weighted by atomic mass is 9.90. The monoisotopic (exact) mass is 195 g/mol. The summed E-state index contributed by atoms with van der Waals surface area (Å²) in [4.78, 5) is 10.8. The van der Waals surface area contributed by atoms with Gasteiger partial charge in [0.05, 0.1) is 13.5 Å². The molecule has 4 heteroatoms. The molecular formula is C8H18ClNO2. The van der Waals surface area contributed by atoms with Crippen LogP contribution >= 0.6 is 12.4 Å². The van der Waals surface area contributed by atoms with E-state index in [0.29, 0.717) is 6.42 Å². The summed E-state index contributed by atoms with van der Waals surface area (Å²) in [7, 11) is 1.38. The molecule has 0 atom stereocenters. The molecular weight excluding hydrogens is 178 g/mol. The quantitative estimate of drug-likeness (QED) is 0.692. The van der Waals surface area contributed by atoms with E-state index in [1.54, 1.807) is 0 Å². The molecule has 0 fully saturated rings. The Kier molecular flexibility index (Phi) is 7.44. The summed E-state index contributed by atoms with van der Waals surface area (Å²) in [6.45, 7) is 3.96. The average molecular weight is 196 g/mol. The van der Waals surface area contributed by atoms with Crippen molar-refractivity contribution in [2.45, 2.75) is 38.6 Å². The molecule has 0 bridgehead atoms. The fourth-order valence-corrected chi connectivity index (χ4v) is 0.860. The maximum atomic E-state index is 10.8. The van der Waals surface area contributed by atoms with E-state index in [9.17, 15) is 4.79 Å². The van der Waals surface area contributed by atoms with Crippen molar-refractivity contribution in [2.75, 3.05) is 7.11 Å². The van der Waals surface area contributed by atoms with Crippen LogP contribution in [0.15, 0.2) is 0 Å². The molecule has 0 aromatic rings. The first-order chi connectivity index (χ1) is 5.08. The Bertz CT molecular complexity index is 135. The second kappa shape index (κ2) is 6.26. The van der Waals surface area contributed by atoms with E-state index in [2.05, 4.69) is 4.74 Å². The minimum atomic E-state index is -0.368. The fraction of sp³-hybridized carbons (Fsp3) is 0.875. The number of carbonyl (C=O) groups is 1. The van der Waals surface area contributed by atoms with Crippen LogP contribution < -0.4 is 5.73 Å². The molecule has 0 aliphatic heterocycles. The second-order valence-electron chi connectivity index (χ2n) is 2.82. The van der Waals surface area contributed by atoms with Crippen LogP contribution in [0.5, 0.6) is 0 Å². The summed E-state index contributed by atoms with van der Waals surface area (Å²) in [5.41, 5.74) is 5.50. The molecule has 0 aliphatic carbocycles. The number of halogens is 1. The van der Waals surface area contributed by atoms with E-state index < -0.39 is 0 Å². The third-order valence-corrected chi connectivity index (χ3v) is 2.13. The van der Waals surface area contributed by atoms with Gasteiger partial charge in [-0.15, -0.1) is 12.4 Å². The van der Waals surface area contributed by atoms with Gasteiger partial charge in [0.25, 0.3) is 0 Å². The van der Waals surface area contributed by atoms with Crippen molar-refractivity contribution >= 4 is 18.4 Å². The Morgan fingerprint density at radius 3 is 2.08 bits per heavy atom. The first-order valence-electron chi connectivity index (χ1n) is 3.93. The van der Waals surface area contributed by atoms with Crippen LogP contribution in [-0.2, 0) is 9.53 Å². The maximum Gasteiger partial charge on any atom is 0.307 e. The zero-order valence-electron chi connectivity index (χ0n) is 7.92. The van der Waals surface area contributed by atoms with Crippen LogP contribution in [0.2, 0.25) is 0 Å². The first kappa shape index (κ1) is 14.3. The van der Waals surface area contributed by atoms with Crippen molar-refractivity contribution in [3.05, 3.63) is 0 Å². The fourth-order valence-electron chi connectivity index (χ4n) is 0.860. The van der Waals surface area contributed by atoms with E-state index in [1.165, 1.54) is 7.11 Å². The van der Waals surface area contributed by atoms with E-state index in [0.717, 1.165) is 12.8 Å². The molecule has 0 aromatic carbocycles.